The van der Waals surface area contributed by atoms with Crippen molar-refractivity contribution in [1.82, 2.24) is 15.1 Å². The number of fused-ring (bicyclic) bond motifs is 1. The Morgan fingerprint density at radius 3 is 2.86 bits per heavy atom. The molecule has 2 saturated heterocycles. The Balaban J connectivity index is 1.29. The summed E-state index contributed by atoms with van der Waals surface area (Å²) < 4.78 is 0. The van der Waals surface area contributed by atoms with Crippen molar-refractivity contribution < 1.29 is 0 Å². The maximum atomic E-state index is 3.62. The van der Waals surface area contributed by atoms with E-state index in [1.807, 2.05) is 11.3 Å². The molecule has 1 N–H and O–H groups in total. The van der Waals surface area contributed by atoms with Crippen molar-refractivity contribution in [2.24, 2.45) is 0 Å². The van der Waals surface area contributed by atoms with E-state index in [0.29, 0.717) is 0 Å². The van der Waals surface area contributed by atoms with Crippen LogP contribution in [0.15, 0.2) is 12.1 Å². The molecule has 0 aromatic carbocycles. The molecule has 0 spiro atoms. The summed E-state index contributed by atoms with van der Waals surface area (Å²) in [6, 6.07) is 6.33. The van der Waals surface area contributed by atoms with Gasteiger partial charge in [-0.05, 0) is 44.4 Å². The van der Waals surface area contributed by atoms with Gasteiger partial charge in [-0.25, -0.2) is 0 Å². The first-order valence-electron chi connectivity index (χ1n) is 8.64. The van der Waals surface area contributed by atoms with E-state index in [4.69, 9.17) is 0 Å². The third-order valence-corrected chi connectivity index (χ3v) is 6.23. The van der Waals surface area contributed by atoms with Crippen molar-refractivity contribution in [3.8, 4) is 0 Å². The molecule has 1 aromatic heterocycles. The zero-order valence-corrected chi connectivity index (χ0v) is 13.7. The summed E-state index contributed by atoms with van der Waals surface area (Å²) in [6.45, 7) is 7.41. The minimum atomic E-state index is 0.815. The molecule has 1 aromatic rings. The van der Waals surface area contributed by atoms with Crippen molar-refractivity contribution in [1.29, 1.82) is 0 Å². The minimum Gasteiger partial charge on any atom is -0.309 e. The van der Waals surface area contributed by atoms with Crippen LogP contribution in [0.2, 0.25) is 0 Å². The van der Waals surface area contributed by atoms with E-state index < -0.39 is 0 Å². The van der Waals surface area contributed by atoms with Gasteiger partial charge in [0.25, 0.3) is 0 Å². The molecule has 4 rings (SSSR count). The van der Waals surface area contributed by atoms with Gasteiger partial charge in [0.2, 0.25) is 0 Å². The number of nitrogens with one attached hydrogen (secondary N) is 1. The van der Waals surface area contributed by atoms with Gasteiger partial charge in [0, 0.05) is 54.6 Å². The molecule has 3 heterocycles. The molecule has 0 amide bonds. The van der Waals surface area contributed by atoms with Crippen molar-refractivity contribution in [2.45, 2.75) is 57.3 Å². The summed E-state index contributed by atoms with van der Waals surface area (Å²) in [5.74, 6) is 0. The largest absolute Gasteiger partial charge is 0.309 e. The highest BCUT2D eigenvalue weighted by Crippen LogP contribution is 2.25. The molecule has 3 aliphatic rings. The SMILES string of the molecule is c1cc(CN2CCN3CCCCC3C2)sc1CNC1CC1. The molecule has 3 nitrogen and oxygen atoms in total. The number of piperidine rings is 1. The molecule has 1 atom stereocenters. The lowest BCUT2D eigenvalue weighted by molar-refractivity contribution is 0.0461. The van der Waals surface area contributed by atoms with Gasteiger partial charge in [0.15, 0.2) is 0 Å². The molecule has 0 bridgehead atoms. The monoisotopic (exact) mass is 305 g/mol. The number of rotatable bonds is 5. The number of nitrogens with zero attached hydrogens (tertiary/aromatic N) is 2. The summed E-state index contributed by atoms with van der Waals surface area (Å²) in [5, 5.41) is 3.62. The number of hydrogen-bond acceptors (Lipinski definition) is 4. The van der Waals surface area contributed by atoms with E-state index in [9.17, 15) is 0 Å². The fourth-order valence-corrected chi connectivity index (χ4v) is 4.73. The number of hydrogen-bond donors (Lipinski definition) is 1. The van der Waals surface area contributed by atoms with Crippen LogP contribution in [0, 0.1) is 0 Å². The zero-order valence-electron chi connectivity index (χ0n) is 12.9. The predicted molar refractivity (Wildman–Crippen MR) is 88.7 cm³/mol. The molecule has 1 aliphatic carbocycles. The van der Waals surface area contributed by atoms with Crippen molar-refractivity contribution in [3.63, 3.8) is 0 Å². The normalized spacial score (nSPS) is 27.7. The standard InChI is InChI=1S/C17H27N3S/c1-2-8-20-10-9-19(12-15(20)3-1)13-17-7-6-16(21-17)11-18-14-4-5-14/h6-7,14-15,18H,1-5,8-13H2. The highest BCUT2D eigenvalue weighted by atomic mass is 32.1. The van der Waals surface area contributed by atoms with Gasteiger partial charge in [-0.2, -0.15) is 0 Å². The van der Waals surface area contributed by atoms with Crippen LogP contribution in [0.5, 0.6) is 0 Å². The van der Waals surface area contributed by atoms with Crippen LogP contribution in [0.4, 0.5) is 0 Å². The van der Waals surface area contributed by atoms with Gasteiger partial charge in [-0.15, -0.1) is 11.3 Å². The Morgan fingerprint density at radius 2 is 1.95 bits per heavy atom. The van der Waals surface area contributed by atoms with Crippen LogP contribution in [-0.4, -0.2) is 48.1 Å². The molecule has 1 unspecified atom stereocenters. The summed E-state index contributed by atoms with van der Waals surface area (Å²) in [6.07, 6.45) is 7.02. The van der Waals surface area contributed by atoms with E-state index in [1.54, 1.807) is 4.88 Å². The van der Waals surface area contributed by atoms with Crippen molar-refractivity contribution in [3.05, 3.63) is 21.9 Å². The van der Waals surface area contributed by atoms with Gasteiger partial charge in [-0.1, -0.05) is 6.42 Å². The van der Waals surface area contributed by atoms with Crippen LogP contribution >= 0.6 is 11.3 Å². The topological polar surface area (TPSA) is 18.5 Å². The number of thiophene rings is 1. The summed E-state index contributed by atoms with van der Waals surface area (Å²) in [7, 11) is 0. The van der Waals surface area contributed by atoms with Crippen LogP contribution in [0.1, 0.15) is 41.9 Å². The Hall–Kier alpha value is -0.420. The first-order valence-corrected chi connectivity index (χ1v) is 9.46. The molecule has 4 heteroatoms. The third kappa shape index (κ3) is 3.67. The van der Waals surface area contributed by atoms with Gasteiger partial charge < -0.3 is 5.32 Å². The van der Waals surface area contributed by atoms with E-state index in [2.05, 4.69) is 27.2 Å². The van der Waals surface area contributed by atoms with Gasteiger partial charge in [0.05, 0.1) is 0 Å². The summed E-state index contributed by atoms with van der Waals surface area (Å²) in [4.78, 5) is 8.45. The Labute approximate surface area is 132 Å². The molecule has 3 fully saturated rings. The first-order chi connectivity index (χ1) is 10.4. The fourth-order valence-electron chi connectivity index (χ4n) is 3.72. The maximum absolute atomic E-state index is 3.62. The molecule has 1 saturated carbocycles. The van der Waals surface area contributed by atoms with Crippen molar-refractivity contribution >= 4 is 11.3 Å². The first kappa shape index (κ1) is 14.2. The Bertz CT molecular complexity index is 468. The molecular formula is C17H27N3S. The smallest absolute Gasteiger partial charge is 0.0329 e. The van der Waals surface area contributed by atoms with Crippen LogP contribution in [-0.2, 0) is 13.1 Å². The molecular weight excluding hydrogens is 278 g/mol. The van der Waals surface area contributed by atoms with Crippen molar-refractivity contribution in [2.75, 3.05) is 26.2 Å². The average molecular weight is 305 g/mol. The summed E-state index contributed by atoms with van der Waals surface area (Å²) >= 11 is 2.01. The van der Waals surface area contributed by atoms with E-state index in [-0.39, 0.29) is 0 Å². The number of piperazine rings is 1. The van der Waals surface area contributed by atoms with Crippen LogP contribution in [0.25, 0.3) is 0 Å². The lowest BCUT2D eigenvalue weighted by Crippen LogP contribution is -2.54. The molecule has 0 radical (unpaired) electrons. The quantitative estimate of drug-likeness (QED) is 0.902. The highest BCUT2D eigenvalue weighted by molar-refractivity contribution is 7.11. The van der Waals surface area contributed by atoms with E-state index >= 15 is 0 Å². The average Bonchev–Trinajstić information content (AvgIpc) is 3.25. The predicted octanol–water partition coefficient (Wildman–Crippen LogP) is 2.67. The second-order valence-corrected chi connectivity index (χ2v) is 8.20. The Morgan fingerprint density at radius 1 is 1.05 bits per heavy atom. The van der Waals surface area contributed by atoms with Gasteiger partial charge in [-0.3, -0.25) is 9.80 Å². The Kier molecular flexibility index (Phi) is 4.30. The second-order valence-electron chi connectivity index (χ2n) is 6.94. The lowest BCUT2D eigenvalue weighted by Gasteiger charge is -2.44. The highest BCUT2D eigenvalue weighted by Gasteiger charge is 2.28. The van der Waals surface area contributed by atoms with Crippen LogP contribution in [0.3, 0.4) is 0 Å². The van der Waals surface area contributed by atoms with Gasteiger partial charge in [0.1, 0.15) is 0 Å². The van der Waals surface area contributed by atoms with E-state index in [0.717, 1.165) is 18.6 Å². The van der Waals surface area contributed by atoms with Gasteiger partial charge >= 0.3 is 0 Å². The molecule has 116 valence electrons. The van der Waals surface area contributed by atoms with Crippen LogP contribution < -0.4 is 5.32 Å². The summed E-state index contributed by atoms with van der Waals surface area (Å²) in [5.41, 5.74) is 0. The molecule has 21 heavy (non-hydrogen) atoms. The maximum Gasteiger partial charge on any atom is 0.0329 e. The zero-order chi connectivity index (χ0) is 14.1. The lowest BCUT2D eigenvalue weighted by atomic mass is 9.99. The molecule has 2 aliphatic heterocycles. The second kappa shape index (κ2) is 6.37. The third-order valence-electron chi connectivity index (χ3n) is 5.16. The van der Waals surface area contributed by atoms with E-state index in [1.165, 1.54) is 69.7 Å². The minimum absolute atomic E-state index is 0.815. The fraction of sp³-hybridized carbons (Fsp3) is 0.765.